The zero-order valence-electron chi connectivity index (χ0n) is 15.6. The topological polar surface area (TPSA) is 117 Å². The fourth-order valence-electron chi connectivity index (χ4n) is 3.27. The summed E-state index contributed by atoms with van der Waals surface area (Å²) in [6.07, 6.45) is 0.190. The van der Waals surface area contributed by atoms with Gasteiger partial charge in [-0.25, -0.2) is 4.79 Å². The molecule has 1 fully saturated rings. The van der Waals surface area contributed by atoms with Gasteiger partial charge in [0.05, 0.1) is 18.0 Å². The van der Waals surface area contributed by atoms with Gasteiger partial charge in [-0.2, -0.15) is 5.26 Å². The number of carbonyl (C=O) groups is 3. The number of nitrogens with zero attached hydrogens (tertiary/aromatic N) is 3. The second-order valence-corrected chi connectivity index (χ2v) is 8.84. The summed E-state index contributed by atoms with van der Waals surface area (Å²) < 4.78 is 5.42. The first-order valence-corrected chi connectivity index (χ1v) is 9.54. The maximum absolute atomic E-state index is 12.3. The molecule has 8 nitrogen and oxygen atoms in total. The van der Waals surface area contributed by atoms with Crippen molar-refractivity contribution in [2.45, 2.75) is 45.8 Å². The van der Waals surface area contributed by atoms with Gasteiger partial charge in [0.2, 0.25) is 11.8 Å². The summed E-state index contributed by atoms with van der Waals surface area (Å²) in [5, 5.41) is 10.2. The van der Waals surface area contributed by atoms with E-state index in [1.165, 1.54) is 16.2 Å². The molecule has 9 heteroatoms. The summed E-state index contributed by atoms with van der Waals surface area (Å²) in [4.78, 5) is 40.1. The van der Waals surface area contributed by atoms with E-state index in [1.807, 2.05) is 20.8 Å². The van der Waals surface area contributed by atoms with E-state index in [1.54, 1.807) is 4.90 Å². The SMILES string of the molecule is CC(C)(C)OC(=O)N1CCc2c(sc(N3CC(C(N)=O)CC3=O)c2C#N)C1. The van der Waals surface area contributed by atoms with Crippen LogP contribution in [0.1, 0.15) is 43.2 Å². The minimum atomic E-state index is -0.582. The molecule has 3 heterocycles. The Balaban J connectivity index is 1.85. The van der Waals surface area contributed by atoms with Gasteiger partial charge in [0.25, 0.3) is 0 Å². The molecule has 0 bridgehead atoms. The zero-order valence-corrected chi connectivity index (χ0v) is 16.4. The average Bonchev–Trinajstić information content (AvgIpc) is 3.12. The number of hydrogen-bond acceptors (Lipinski definition) is 6. The number of hydrogen-bond donors (Lipinski definition) is 1. The van der Waals surface area contributed by atoms with Crippen LogP contribution in [0.25, 0.3) is 0 Å². The second kappa shape index (κ2) is 6.85. The summed E-state index contributed by atoms with van der Waals surface area (Å²) in [7, 11) is 0. The molecule has 2 aliphatic heterocycles. The number of ether oxygens (including phenoxy) is 1. The van der Waals surface area contributed by atoms with Crippen LogP contribution >= 0.6 is 11.3 Å². The van der Waals surface area contributed by atoms with Gasteiger partial charge in [-0.3, -0.25) is 9.59 Å². The van der Waals surface area contributed by atoms with Crippen molar-refractivity contribution in [3.05, 3.63) is 16.0 Å². The van der Waals surface area contributed by atoms with E-state index in [-0.39, 0.29) is 18.9 Å². The molecular weight excluding hydrogens is 368 g/mol. The van der Waals surface area contributed by atoms with Crippen LogP contribution in [0.2, 0.25) is 0 Å². The minimum absolute atomic E-state index is 0.0623. The molecule has 3 amide bonds. The van der Waals surface area contributed by atoms with E-state index >= 15 is 0 Å². The first-order chi connectivity index (χ1) is 12.6. The number of thiophene rings is 1. The van der Waals surface area contributed by atoms with Crippen molar-refractivity contribution < 1.29 is 19.1 Å². The lowest BCUT2D eigenvalue weighted by Crippen LogP contribution is -2.39. The molecule has 0 aromatic carbocycles. The van der Waals surface area contributed by atoms with E-state index in [0.29, 0.717) is 30.1 Å². The van der Waals surface area contributed by atoms with E-state index in [4.69, 9.17) is 10.5 Å². The van der Waals surface area contributed by atoms with Crippen molar-refractivity contribution in [3.63, 3.8) is 0 Å². The number of fused-ring (bicyclic) bond motifs is 1. The number of nitrogens with two attached hydrogens (primary N) is 1. The number of nitriles is 1. The van der Waals surface area contributed by atoms with Crippen LogP contribution in [0.5, 0.6) is 0 Å². The average molecular weight is 390 g/mol. The van der Waals surface area contributed by atoms with Crippen LogP contribution in [0.15, 0.2) is 0 Å². The molecule has 27 heavy (non-hydrogen) atoms. The van der Waals surface area contributed by atoms with Crippen LogP contribution in [-0.4, -0.2) is 41.5 Å². The van der Waals surface area contributed by atoms with Gasteiger partial charge >= 0.3 is 6.09 Å². The molecular formula is C18H22N4O4S. The van der Waals surface area contributed by atoms with Crippen molar-refractivity contribution in [3.8, 4) is 6.07 Å². The van der Waals surface area contributed by atoms with Crippen LogP contribution in [0.3, 0.4) is 0 Å². The highest BCUT2D eigenvalue weighted by atomic mass is 32.1. The summed E-state index contributed by atoms with van der Waals surface area (Å²) in [5.74, 6) is -1.26. The highest BCUT2D eigenvalue weighted by molar-refractivity contribution is 7.16. The second-order valence-electron chi connectivity index (χ2n) is 7.76. The summed E-state index contributed by atoms with van der Waals surface area (Å²) in [6, 6.07) is 2.19. The highest BCUT2D eigenvalue weighted by Crippen LogP contribution is 2.41. The maximum atomic E-state index is 12.3. The fraction of sp³-hybridized carbons (Fsp3) is 0.556. The summed E-state index contributed by atoms with van der Waals surface area (Å²) >= 11 is 1.32. The fourth-order valence-corrected chi connectivity index (χ4v) is 4.61. The van der Waals surface area contributed by atoms with Gasteiger partial charge in [0.15, 0.2) is 0 Å². The van der Waals surface area contributed by atoms with Crippen LogP contribution in [0, 0.1) is 17.2 Å². The Morgan fingerprint density at radius 1 is 1.37 bits per heavy atom. The molecule has 1 aromatic rings. The van der Waals surface area contributed by atoms with E-state index in [9.17, 15) is 19.6 Å². The molecule has 0 aliphatic carbocycles. The van der Waals surface area contributed by atoms with Crippen LogP contribution in [-0.2, 0) is 27.3 Å². The lowest BCUT2D eigenvalue weighted by Gasteiger charge is -2.29. The number of rotatable bonds is 2. The number of amides is 3. The third-order valence-corrected chi connectivity index (χ3v) is 5.81. The number of carbonyl (C=O) groups excluding carboxylic acids is 3. The molecule has 0 saturated carbocycles. The third kappa shape index (κ3) is 3.76. The van der Waals surface area contributed by atoms with E-state index < -0.39 is 23.5 Å². The van der Waals surface area contributed by atoms with Crippen molar-refractivity contribution in [2.75, 3.05) is 18.0 Å². The molecule has 1 unspecified atom stereocenters. The Kier molecular flexibility index (Phi) is 4.86. The molecule has 0 spiro atoms. The standard InChI is InChI=1S/C18H22N4O4S/c1-18(2,3)26-17(25)21-5-4-11-12(7-19)16(27-13(11)9-21)22-8-10(15(20)24)6-14(22)23/h10H,4-6,8-9H2,1-3H3,(H2,20,24). The Morgan fingerprint density at radius 3 is 2.63 bits per heavy atom. The first-order valence-electron chi connectivity index (χ1n) is 8.73. The van der Waals surface area contributed by atoms with E-state index in [2.05, 4.69) is 6.07 Å². The molecule has 144 valence electrons. The van der Waals surface area contributed by atoms with Crippen LogP contribution in [0.4, 0.5) is 9.80 Å². The maximum Gasteiger partial charge on any atom is 0.410 e. The van der Waals surface area contributed by atoms with Gasteiger partial charge < -0.3 is 20.3 Å². The largest absolute Gasteiger partial charge is 0.444 e. The van der Waals surface area contributed by atoms with Crippen molar-refractivity contribution in [1.82, 2.24) is 4.90 Å². The Labute approximate surface area is 161 Å². The van der Waals surface area contributed by atoms with Crippen molar-refractivity contribution >= 4 is 34.2 Å². The zero-order chi connectivity index (χ0) is 19.9. The van der Waals surface area contributed by atoms with Gasteiger partial charge in [-0.15, -0.1) is 11.3 Å². The molecule has 0 radical (unpaired) electrons. The van der Waals surface area contributed by atoms with Crippen LogP contribution < -0.4 is 10.6 Å². The molecule has 2 aliphatic rings. The molecule has 2 N–H and O–H groups in total. The Morgan fingerprint density at radius 2 is 2.07 bits per heavy atom. The molecule has 3 rings (SSSR count). The lowest BCUT2D eigenvalue weighted by molar-refractivity contribution is -0.123. The smallest absolute Gasteiger partial charge is 0.410 e. The van der Waals surface area contributed by atoms with Gasteiger partial charge in [-0.05, 0) is 32.8 Å². The number of anilines is 1. The molecule has 1 saturated heterocycles. The summed E-state index contributed by atoms with van der Waals surface area (Å²) in [6.45, 7) is 6.41. The third-order valence-electron chi connectivity index (χ3n) is 4.57. The van der Waals surface area contributed by atoms with Gasteiger partial charge in [-0.1, -0.05) is 0 Å². The highest BCUT2D eigenvalue weighted by Gasteiger charge is 2.38. The normalized spacial score (nSPS) is 19.6. The lowest BCUT2D eigenvalue weighted by atomic mass is 10.0. The monoisotopic (exact) mass is 390 g/mol. The predicted octanol–water partition coefficient (Wildman–Crippen LogP) is 1.75. The van der Waals surface area contributed by atoms with Gasteiger partial charge in [0.1, 0.15) is 16.7 Å². The Bertz CT molecular complexity index is 849. The number of primary amides is 1. The quantitative estimate of drug-likeness (QED) is 0.826. The predicted molar refractivity (Wildman–Crippen MR) is 99.0 cm³/mol. The first kappa shape index (κ1) is 19.2. The van der Waals surface area contributed by atoms with Gasteiger partial charge in [0, 0.05) is 24.4 Å². The Hall–Kier alpha value is -2.60. The van der Waals surface area contributed by atoms with E-state index in [0.717, 1.165) is 10.4 Å². The van der Waals surface area contributed by atoms with Crippen molar-refractivity contribution in [1.29, 1.82) is 5.26 Å². The van der Waals surface area contributed by atoms with Crippen molar-refractivity contribution in [2.24, 2.45) is 11.7 Å². The minimum Gasteiger partial charge on any atom is -0.444 e. The molecule has 1 aromatic heterocycles. The summed E-state index contributed by atoms with van der Waals surface area (Å²) in [5.41, 5.74) is 6.07. The molecule has 1 atom stereocenters.